The van der Waals surface area contributed by atoms with Gasteiger partial charge in [0.25, 0.3) is 5.69 Å². The summed E-state index contributed by atoms with van der Waals surface area (Å²) in [6.07, 6.45) is 2.19. The van der Waals surface area contributed by atoms with Gasteiger partial charge in [-0.1, -0.05) is 11.6 Å². The first-order chi connectivity index (χ1) is 13.2. The zero-order valence-electron chi connectivity index (χ0n) is 15.2. The number of carbonyl (C=O) groups excluding carboxylic acids is 1. The maximum Gasteiger partial charge on any atom is 0.288 e. The summed E-state index contributed by atoms with van der Waals surface area (Å²) in [6, 6.07) is 10.9. The van der Waals surface area contributed by atoms with Gasteiger partial charge in [0.2, 0.25) is 0 Å². The molecule has 0 N–H and O–H groups in total. The molecule has 0 radical (unpaired) electrons. The molecule has 0 saturated carbocycles. The Hall–Kier alpha value is -2.45. The van der Waals surface area contributed by atoms with Crippen LogP contribution in [0.15, 0.2) is 47.4 Å². The lowest BCUT2D eigenvalue weighted by atomic mass is 9.88. The SMILES string of the molecule is CS(=O)(=O)c1cc(N2CCC(C(=O)c3ccc(Cl)cc3)CC2)ccc1[N+](=O)[O-]. The molecule has 0 atom stereocenters. The largest absolute Gasteiger partial charge is 0.371 e. The minimum atomic E-state index is -3.74. The molecule has 3 rings (SSSR count). The van der Waals surface area contributed by atoms with Crippen molar-refractivity contribution >= 4 is 38.6 Å². The number of anilines is 1. The number of carbonyl (C=O) groups is 1. The maximum absolute atomic E-state index is 12.6. The molecule has 148 valence electrons. The number of hydrogen-bond donors (Lipinski definition) is 0. The number of benzene rings is 2. The van der Waals surface area contributed by atoms with E-state index in [0.29, 0.717) is 42.2 Å². The summed E-state index contributed by atoms with van der Waals surface area (Å²) in [7, 11) is -3.74. The lowest BCUT2D eigenvalue weighted by Crippen LogP contribution is -2.36. The van der Waals surface area contributed by atoms with Crippen molar-refractivity contribution in [3.05, 3.63) is 63.2 Å². The molecule has 0 spiro atoms. The molecule has 1 aliphatic heterocycles. The smallest absolute Gasteiger partial charge is 0.288 e. The van der Waals surface area contributed by atoms with Crippen molar-refractivity contribution in [2.75, 3.05) is 24.2 Å². The summed E-state index contributed by atoms with van der Waals surface area (Å²) in [6.45, 7) is 1.12. The van der Waals surface area contributed by atoms with Crippen LogP contribution in [0.3, 0.4) is 0 Å². The van der Waals surface area contributed by atoms with E-state index >= 15 is 0 Å². The van der Waals surface area contributed by atoms with Crippen LogP contribution in [0.1, 0.15) is 23.2 Å². The third-order valence-corrected chi connectivity index (χ3v) is 6.28. The van der Waals surface area contributed by atoms with E-state index in [1.807, 2.05) is 4.90 Å². The summed E-state index contributed by atoms with van der Waals surface area (Å²) in [5, 5.41) is 11.7. The van der Waals surface area contributed by atoms with Crippen molar-refractivity contribution < 1.29 is 18.1 Å². The van der Waals surface area contributed by atoms with Gasteiger partial charge in [-0.05, 0) is 49.2 Å². The Bertz CT molecular complexity index is 1010. The highest BCUT2D eigenvalue weighted by atomic mass is 35.5. The van der Waals surface area contributed by atoms with Gasteiger partial charge in [-0.15, -0.1) is 0 Å². The van der Waals surface area contributed by atoms with Gasteiger partial charge in [-0.25, -0.2) is 8.42 Å². The fourth-order valence-electron chi connectivity index (χ4n) is 3.40. The molecule has 1 saturated heterocycles. The van der Waals surface area contributed by atoms with E-state index in [1.165, 1.54) is 12.1 Å². The Kier molecular flexibility index (Phi) is 5.71. The van der Waals surface area contributed by atoms with Crippen LogP contribution in [0.2, 0.25) is 5.02 Å². The highest BCUT2D eigenvalue weighted by Crippen LogP contribution is 2.31. The summed E-state index contributed by atoms with van der Waals surface area (Å²) in [5.41, 5.74) is 0.792. The lowest BCUT2D eigenvalue weighted by Gasteiger charge is -2.33. The number of nitro benzene ring substituents is 1. The maximum atomic E-state index is 12.6. The zero-order chi connectivity index (χ0) is 20.5. The van der Waals surface area contributed by atoms with E-state index in [2.05, 4.69) is 0 Å². The van der Waals surface area contributed by atoms with E-state index in [1.54, 1.807) is 30.3 Å². The van der Waals surface area contributed by atoms with Gasteiger partial charge < -0.3 is 4.90 Å². The van der Waals surface area contributed by atoms with Crippen LogP contribution in [-0.4, -0.2) is 38.5 Å². The van der Waals surface area contributed by atoms with E-state index in [-0.39, 0.29) is 16.6 Å². The number of rotatable bonds is 5. The molecule has 0 bridgehead atoms. The highest BCUT2D eigenvalue weighted by Gasteiger charge is 2.28. The third kappa shape index (κ3) is 4.34. The summed E-state index contributed by atoms with van der Waals surface area (Å²) in [4.78, 5) is 24.7. The first kappa shape index (κ1) is 20.3. The number of sulfone groups is 1. The zero-order valence-corrected chi connectivity index (χ0v) is 16.7. The topological polar surface area (TPSA) is 97.6 Å². The molecule has 0 unspecified atom stereocenters. The van der Waals surface area contributed by atoms with Crippen molar-refractivity contribution in [3.63, 3.8) is 0 Å². The van der Waals surface area contributed by atoms with E-state index in [4.69, 9.17) is 11.6 Å². The van der Waals surface area contributed by atoms with Gasteiger partial charge in [0, 0.05) is 47.6 Å². The number of halogens is 1. The molecule has 28 heavy (non-hydrogen) atoms. The molecule has 0 amide bonds. The van der Waals surface area contributed by atoms with E-state index in [9.17, 15) is 23.3 Å². The second-order valence-electron chi connectivity index (χ2n) is 6.81. The standard InChI is InChI=1S/C19H19ClN2O5S/c1-28(26,27)18-12-16(6-7-17(18)22(24)25)21-10-8-14(9-11-21)19(23)13-2-4-15(20)5-3-13/h2-7,12,14H,8-11H2,1H3. The Balaban J connectivity index is 1.75. The fraction of sp³-hybridized carbons (Fsp3) is 0.316. The molecule has 0 aromatic heterocycles. The van der Waals surface area contributed by atoms with Crippen LogP contribution in [0.25, 0.3) is 0 Å². The molecule has 1 aliphatic rings. The lowest BCUT2D eigenvalue weighted by molar-refractivity contribution is -0.387. The van der Waals surface area contributed by atoms with Gasteiger partial charge in [0.05, 0.1) is 4.92 Å². The van der Waals surface area contributed by atoms with Gasteiger partial charge in [0.1, 0.15) is 4.90 Å². The van der Waals surface area contributed by atoms with Crippen LogP contribution in [-0.2, 0) is 9.84 Å². The van der Waals surface area contributed by atoms with E-state index < -0.39 is 20.4 Å². The van der Waals surface area contributed by atoms with Crippen LogP contribution < -0.4 is 4.90 Å². The molecule has 1 heterocycles. The number of nitro groups is 1. The van der Waals surface area contributed by atoms with Crippen LogP contribution in [0.5, 0.6) is 0 Å². The quantitative estimate of drug-likeness (QED) is 0.413. The third-order valence-electron chi connectivity index (χ3n) is 4.90. The monoisotopic (exact) mass is 422 g/mol. The number of hydrogen-bond acceptors (Lipinski definition) is 6. The van der Waals surface area contributed by atoms with Gasteiger partial charge in [-0.2, -0.15) is 0 Å². The molecule has 1 fully saturated rings. The molecular weight excluding hydrogens is 404 g/mol. The fourth-order valence-corrected chi connectivity index (χ4v) is 4.38. The Morgan fingerprint density at radius 3 is 2.29 bits per heavy atom. The number of ketones is 1. The first-order valence-electron chi connectivity index (χ1n) is 8.70. The Morgan fingerprint density at radius 2 is 1.75 bits per heavy atom. The van der Waals surface area contributed by atoms with Crippen molar-refractivity contribution in [2.24, 2.45) is 5.92 Å². The highest BCUT2D eigenvalue weighted by molar-refractivity contribution is 7.90. The number of nitrogens with zero attached hydrogens (tertiary/aromatic N) is 2. The van der Waals surface area contributed by atoms with Crippen molar-refractivity contribution in [1.82, 2.24) is 0 Å². The predicted molar refractivity (Wildman–Crippen MR) is 107 cm³/mol. The number of piperidine rings is 1. The minimum Gasteiger partial charge on any atom is -0.371 e. The summed E-state index contributed by atoms with van der Waals surface area (Å²) < 4.78 is 23.9. The Morgan fingerprint density at radius 1 is 1.14 bits per heavy atom. The summed E-state index contributed by atoms with van der Waals surface area (Å²) >= 11 is 5.86. The van der Waals surface area contributed by atoms with Gasteiger partial charge in [0.15, 0.2) is 15.6 Å². The summed E-state index contributed by atoms with van der Waals surface area (Å²) in [5.74, 6) is -0.0540. The predicted octanol–water partition coefficient (Wildman–Crippen LogP) is 3.75. The molecule has 2 aromatic carbocycles. The van der Waals surface area contributed by atoms with Crippen LogP contribution in [0, 0.1) is 16.0 Å². The van der Waals surface area contributed by atoms with E-state index in [0.717, 1.165) is 6.26 Å². The van der Waals surface area contributed by atoms with Gasteiger partial charge in [-0.3, -0.25) is 14.9 Å². The average molecular weight is 423 g/mol. The minimum absolute atomic E-state index is 0.0665. The van der Waals surface area contributed by atoms with Gasteiger partial charge >= 0.3 is 0 Å². The second kappa shape index (κ2) is 7.89. The van der Waals surface area contributed by atoms with Crippen LogP contribution >= 0.6 is 11.6 Å². The second-order valence-corrected chi connectivity index (χ2v) is 9.23. The van der Waals surface area contributed by atoms with Crippen molar-refractivity contribution in [3.8, 4) is 0 Å². The normalized spacial score (nSPS) is 15.4. The average Bonchev–Trinajstić information content (AvgIpc) is 2.67. The van der Waals surface area contributed by atoms with Crippen molar-refractivity contribution in [2.45, 2.75) is 17.7 Å². The molecule has 7 nitrogen and oxygen atoms in total. The Labute approximate surface area is 168 Å². The molecule has 9 heteroatoms. The van der Waals surface area contributed by atoms with Crippen LogP contribution in [0.4, 0.5) is 11.4 Å². The molecule has 0 aliphatic carbocycles. The first-order valence-corrected chi connectivity index (χ1v) is 11.0. The molecular formula is C19H19ClN2O5S. The van der Waals surface area contributed by atoms with Crippen molar-refractivity contribution in [1.29, 1.82) is 0 Å². The number of Topliss-reactive ketones (excluding diaryl/α,β-unsaturated/α-hetero) is 1. The molecule has 2 aromatic rings.